The van der Waals surface area contributed by atoms with E-state index in [0.29, 0.717) is 0 Å². The van der Waals surface area contributed by atoms with Crippen molar-refractivity contribution in [3.63, 3.8) is 0 Å². The predicted molar refractivity (Wildman–Crippen MR) is 77.2 cm³/mol. The van der Waals surface area contributed by atoms with Crippen molar-refractivity contribution in [1.82, 2.24) is 4.90 Å². The van der Waals surface area contributed by atoms with Gasteiger partial charge in [-0.25, -0.2) is 0 Å². The third kappa shape index (κ3) is 4.28. The minimum atomic E-state index is -0.122. The van der Waals surface area contributed by atoms with Crippen molar-refractivity contribution >= 4 is 6.29 Å². The molecule has 0 N–H and O–H groups in total. The Morgan fingerprint density at radius 1 is 1.26 bits per heavy atom. The van der Waals surface area contributed by atoms with Gasteiger partial charge < -0.3 is 14.4 Å². The van der Waals surface area contributed by atoms with Gasteiger partial charge in [0.05, 0.1) is 0 Å². The van der Waals surface area contributed by atoms with Crippen LogP contribution < -0.4 is 0 Å². The van der Waals surface area contributed by atoms with Crippen molar-refractivity contribution in [2.45, 2.75) is 51.9 Å². The van der Waals surface area contributed by atoms with Gasteiger partial charge in [0.2, 0.25) is 0 Å². The van der Waals surface area contributed by atoms with Crippen molar-refractivity contribution in [2.24, 2.45) is 11.3 Å². The standard InChI is InChI=1S/C16H29NO2/c1-2-4-15-5-3-9-17(10-6-15)13-16(14-18)7-11-19-12-8-16/h14-15H,2-13H2,1H3. The lowest BCUT2D eigenvalue weighted by Crippen LogP contribution is -2.43. The summed E-state index contributed by atoms with van der Waals surface area (Å²) in [6.07, 6.45) is 9.71. The molecule has 1 unspecified atom stereocenters. The van der Waals surface area contributed by atoms with Crippen molar-refractivity contribution in [2.75, 3.05) is 32.8 Å². The van der Waals surface area contributed by atoms with E-state index >= 15 is 0 Å². The van der Waals surface area contributed by atoms with Crippen LogP contribution in [-0.4, -0.2) is 44.0 Å². The number of hydrogen-bond acceptors (Lipinski definition) is 3. The summed E-state index contributed by atoms with van der Waals surface area (Å²) in [4.78, 5) is 14.1. The van der Waals surface area contributed by atoms with E-state index in [1.807, 2.05) is 0 Å². The Balaban J connectivity index is 1.85. The first-order valence-corrected chi connectivity index (χ1v) is 8.04. The molecule has 0 radical (unpaired) electrons. The highest BCUT2D eigenvalue weighted by Crippen LogP contribution is 2.31. The van der Waals surface area contributed by atoms with Crippen LogP contribution in [0.1, 0.15) is 51.9 Å². The summed E-state index contributed by atoms with van der Waals surface area (Å²) in [7, 11) is 0. The molecule has 3 heteroatoms. The molecule has 0 spiro atoms. The number of aldehydes is 1. The van der Waals surface area contributed by atoms with Crippen molar-refractivity contribution in [1.29, 1.82) is 0 Å². The molecular weight excluding hydrogens is 238 g/mol. The molecular formula is C16H29NO2. The largest absolute Gasteiger partial charge is 0.381 e. The average Bonchev–Trinajstić information content (AvgIpc) is 2.66. The molecule has 0 aliphatic carbocycles. The van der Waals surface area contributed by atoms with Gasteiger partial charge >= 0.3 is 0 Å². The Hall–Kier alpha value is -0.410. The first-order chi connectivity index (χ1) is 9.28. The summed E-state index contributed by atoms with van der Waals surface area (Å²) >= 11 is 0. The summed E-state index contributed by atoms with van der Waals surface area (Å²) in [6, 6.07) is 0. The zero-order valence-electron chi connectivity index (χ0n) is 12.4. The van der Waals surface area contributed by atoms with Crippen LogP contribution in [0.5, 0.6) is 0 Å². The van der Waals surface area contributed by atoms with Crippen LogP contribution in [0.15, 0.2) is 0 Å². The summed E-state index contributed by atoms with van der Waals surface area (Å²) in [5, 5.41) is 0. The summed E-state index contributed by atoms with van der Waals surface area (Å²) in [5.41, 5.74) is -0.122. The van der Waals surface area contributed by atoms with Gasteiger partial charge in [-0.3, -0.25) is 0 Å². The molecule has 0 aromatic carbocycles. The Morgan fingerprint density at radius 3 is 2.74 bits per heavy atom. The number of carbonyl (C=O) groups excluding carboxylic acids is 1. The molecule has 2 fully saturated rings. The Bertz CT molecular complexity index is 274. The fourth-order valence-electron chi connectivity index (χ4n) is 3.62. The molecule has 2 rings (SSSR count). The van der Waals surface area contributed by atoms with E-state index in [0.717, 1.165) is 38.5 Å². The van der Waals surface area contributed by atoms with Gasteiger partial charge in [0, 0.05) is 25.2 Å². The summed E-state index contributed by atoms with van der Waals surface area (Å²) in [5.74, 6) is 0.914. The molecule has 3 nitrogen and oxygen atoms in total. The number of nitrogens with zero attached hydrogens (tertiary/aromatic N) is 1. The van der Waals surface area contributed by atoms with Gasteiger partial charge in [-0.2, -0.15) is 0 Å². The first-order valence-electron chi connectivity index (χ1n) is 8.04. The molecule has 1 atom stereocenters. The lowest BCUT2D eigenvalue weighted by atomic mass is 9.81. The Morgan fingerprint density at radius 2 is 2.05 bits per heavy atom. The molecule has 0 amide bonds. The highest BCUT2D eigenvalue weighted by Gasteiger charge is 2.34. The lowest BCUT2D eigenvalue weighted by Gasteiger charge is -2.36. The highest BCUT2D eigenvalue weighted by molar-refractivity contribution is 5.60. The number of carbonyl (C=O) groups is 1. The molecule has 110 valence electrons. The van der Waals surface area contributed by atoms with Crippen LogP contribution in [0.25, 0.3) is 0 Å². The minimum Gasteiger partial charge on any atom is -0.381 e. The molecule has 2 saturated heterocycles. The van der Waals surface area contributed by atoms with Crippen LogP contribution in [0, 0.1) is 11.3 Å². The van der Waals surface area contributed by atoms with Crippen LogP contribution in [-0.2, 0) is 9.53 Å². The van der Waals surface area contributed by atoms with Crippen LogP contribution in [0.2, 0.25) is 0 Å². The normalized spacial score (nSPS) is 28.8. The second kappa shape index (κ2) is 7.39. The number of hydrogen-bond donors (Lipinski definition) is 0. The van der Waals surface area contributed by atoms with Crippen LogP contribution in [0.3, 0.4) is 0 Å². The topological polar surface area (TPSA) is 29.5 Å². The zero-order valence-corrected chi connectivity index (χ0v) is 12.4. The quantitative estimate of drug-likeness (QED) is 0.717. The van der Waals surface area contributed by atoms with E-state index in [9.17, 15) is 4.79 Å². The average molecular weight is 267 g/mol. The monoisotopic (exact) mass is 267 g/mol. The van der Waals surface area contributed by atoms with E-state index in [2.05, 4.69) is 11.8 Å². The molecule has 2 aliphatic heterocycles. The molecule has 0 aromatic rings. The van der Waals surface area contributed by atoms with Gasteiger partial charge in [0.15, 0.2) is 0 Å². The maximum absolute atomic E-state index is 11.5. The molecule has 2 aliphatic rings. The van der Waals surface area contributed by atoms with Gasteiger partial charge in [0.1, 0.15) is 6.29 Å². The molecule has 2 heterocycles. The number of ether oxygens (including phenoxy) is 1. The van der Waals surface area contributed by atoms with E-state index in [4.69, 9.17) is 4.74 Å². The van der Waals surface area contributed by atoms with E-state index in [-0.39, 0.29) is 5.41 Å². The SMILES string of the molecule is CCCC1CCCN(CC2(C=O)CCOCC2)CC1. The van der Waals surface area contributed by atoms with Crippen molar-refractivity contribution in [3.8, 4) is 0 Å². The molecule has 19 heavy (non-hydrogen) atoms. The third-order valence-corrected chi connectivity index (χ3v) is 4.91. The third-order valence-electron chi connectivity index (χ3n) is 4.91. The van der Waals surface area contributed by atoms with Crippen molar-refractivity contribution < 1.29 is 9.53 Å². The Kier molecular flexibility index (Phi) is 5.83. The van der Waals surface area contributed by atoms with Gasteiger partial charge in [-0.1, -0.05) is 19.8 Å². The van der Waals surface area contributed by atoms with Gasteiger partial charge in [-0.15, -0.1) is 0 Å². The van der Waals surface area contributed by atoms with Gasteiger partial charge in [0.25, 0.3) is 0 Å². The maximum atomic E-state index is 11.5. The summed E-state index contributed by atoms with van der Waals surface area (Å²) in [6.45, 7) is 7.11. The highest BCUT2D eigenvalue weighted by atomic mass is 16.5. The Labute approximate surface area is 117 Å². The van der Waals surface area contributed by atoms with E-state index in [1.54, 1.807) is 0 Å². The molecule has 0 aromatic heterocycles. The van der Waals surface area contributed by atoms with Crippen LogP contribution >= 0.6 is 0 Å². The van der Waals surface area contributed by atoms with Gasteiger partial charge in [-0.05, 0) is 51.1 Å². The number of rotatable bonds is 5. The molecule has 0 bridgehead atoms. The fraction of sp³-hybridized carbons (Fsp3) is 0.938. The predicted octanol–water partition coefficient (Wildman–Crippen LogP) is 2.88. The van der Waals surface area contributed by atoms with Crippen molar-refractivity contribution in [3.05, 3.63) is 0 Å². The second-order valence-corrected chi connectivity index (χ2v) is 6.45. The second-order valence-electron chi connectivity index (χ2n) is 6.45. The van der Waals surface area contributed by atoms with E-state index < -0.39 is 0 Å². The molecule has 0 saturated carbocycles. The smallest absolute Gasteiger partial charge is 0.127 e. The zero-order chi connectivity index (χ0) is 13.6. The fourth-order valence-corrected chi connectivity index (χ4v) is 3.62. The van der Waals surface area contributed by atoms with E-state index in [1.165, 1.54) is 51.5 Å². The minimum absolute atomic E-state index is 0.122. The summed E-state index contributed by atoms with van der Waals surface area (Å²) < 4.78 is 5.41. The van der Waals surface area contributed by atoms with Crippen LogP contribution in [0.4, 0.5) is 0 Å². The number of likely N-dealkylation sites (tertiary alicyclic amines) is 1. The lowest BCUT2D eigenvalue weighted by molar-refractivity contribution is -0.123. The maximum Gasteiger partial charge on any atom is 0.127 e. The first kappa shape index (κ1) is 15.0.